The van der Waals surface area contributed by atoms with E-state index in [-0.39, 0.29) is 0 Å². The zero-order valence-electron chi connectivity index (χ0n) is 6.41. The number of amides is 1. The molecule has 6 heteroatoms. The molecule has 0 unspecified atom stereocenters. The van der Waals surface area contributed by atoms with Gasteiger partial charge in [0.1, 0.15) is 0 Å². The van der Waals surface area contributed by atoms with E-state index in [1.807, 2.05) is 0 Å². The summed E-state index contributed by atoms with van der Waals surface area (Å²) >= 11 is 10.4. The first-order chi connectivity index (χ1) is 6.20. The number of hydrogen-bond donors (Lipinski definition) is 1. The summed E-state index contributed by atoms with van der Waals surface area (Å²) in [6, 6.07) is 3.22. The summed E-state index contributed by atoms with van der Waals surface area (Å²) in [5.41, 5.74) is 2.43. The summed E-state index contributed by atoms with van der Waals surface area (Å²) in [6.07, 6.45) is 2.96. The second-order valence-corrected chi connectivity index (χ2v) is 3.07. The highest BCUT2D eigenvalue weighted by Gasteiger charge is 2.06. The SMILES string of the molecule is O=C(NOC(Cl)Cl)c1cccnc1. The number of halogens is 2. The fourth-order valence-electron chi connectivity index (χ4n) is 0.654. The van der Waals surface area contributed by atoms with Crippen LogP contribution in [-0.4, -0.2) is 15.9 Å². The Morgan fingerprint density at radius 2 is 2.38 bits per heavy atom. The molecular weight excluding hydrogens is 215 g/mol. The third-order valence-electron chi connectivity index (χ3n) is 1.16. The molecule has 0 aliphatic carbocycles. The molecule has 4 nitrogen and oxygen atoms in total. The van der Waals surface area contributed by atoms with Crippen LogP contribution < -0.4 is 5.48 Å². The molecule has 0 spiro atoms. The van der Waals surface area contributed by atoms with Crippen LogP contribution in [0.25, 0.3) is 0 Å². The molecule has 1 N–H and O–H groups in total. The first kappa shape index (κ1) is 10.2. The first-order valence-electron chi connectivity index (χ1n) is 3.34. The number of aromatic nitrogens is 1. The van der Waals surface area contributed by atoms with Gasteiger partial charge >= 0.3 is 0 Å². The van der Waals surface area contributed by atoms with Crippen LogP contribution in [0.15, 0.2) is 24.5 Å². The van der Waals surface area contributed by atoms with Gasteiger partial charge in [-0.25, -0.2) is 10.3 Å². The molecule has 0 saturated heterocycles. The summed E-state index contributed by atoms with van der Waals surface area (Å²) in [5, 5.41) is -1.08. The number of carbonyl (C=O) groups is 1. The number of alkyl halides is 2. The van der Waals surface area contributed by atoms with Crippen molar-refractivity contribution in [1.82, 2.24) is 10.5 Å². The molecular formula is C7H6Cl2N2O2. The van der Waals surface area contributed by atoms with Crippen LogP contribution in [0.1, 0.15) is 10.4 Å². The maximum atomic E-state index is 11.2. The highest BCUT2D eigenvalue weighted by molar-refractivity contribution is 6.43. The Morgan fingerprint density at radius 3 is 2.92 bits per heavy atom. The molecule has 0 radical (unpaired) electrons. The molecule has 0 bridgehead atoms. The van der Waals surface area contributed by atoms with Gasteiger partial charge < -0.3 is 0 Å². The molecule has 1 heterocycles. The van der Waals surface area contributed by atoms with E-state index in [2.05, 4.69) is 15.3 Å². The Kier molecular flexibility index (Phi) is 3.95. The van der Waals surface area contributed by atoms with Crippen molar-refractivity contribution in [3.8, 4) is 0 Å². The second-order valence-electron chi connectivity index (χ2n) is 2.05. The van der Waals surface area contributed by atoms with Crippen LogP contribution in [0.2, 0.25) is 0 Å². The molecule has 1 amide bonds. The number of hydrogen-bond acceptors (Lipinski definition) is 3. The third-order valence-corrected chi connectivity index (χ3v) is 1.34. The van der Waals surface area contributed by atoms with Crippen LogP contribution >= 0.6 is 23.2 Å². The lowest BCUT2D eigenvalue weighted by Crippen LogP contribution is -2.25. The normalized spacial score (nSPS) is 10.1. The van der Waals surface area contributed by atoms with Gasteiger partial charge in [0.2, 0.25) is 5.02 Å². The fraction of sp³-hybridized carbons (Fsp3) is 0.143. The standard InChI is InChI=1S/C7H6Cl2N2O2/c8-7(9)13-11-6(12)5-2-1-3-10-4-5/h1-4,7H,(H,11,12). The highest BCUT2D eigenvalue weighted by atomic mass is 35.5. The van der Waals surface area contributed by atoms with E-state index < -0.39 is 10.9 Å². The maximum Gasteiger partial charge on any atom is 0.276 e. The van der Waals surface area contributed by atoms with E-state index in [4.69, 9.17) is 23.2 Å². The van der Waals surface area contributed by atoms with Gasteiger partial charge in [0.25, 0.3) is 5.91 Å². The van der Waals surface area contributed by atoms with Crippen molar-refractivity contribution in [2.75, 3.05) is 0 Å². The van der Waals surface area contributed by atoms with Gasteiger partial charge in [-0.3, -0.25) is 9.78 Å². The summed E-state index contributed by atoms with van der Waals surface area (Å²) in [5.74, 6) is -0.445. The van der Waals surface area contributed by atoms with Crippen LogP contribution in [0.4, 0.5) is 0 Å². The minimum Gasteiger partial charge on any atom is -0.267 e. The highest BCUT2D eigenvalue weighted by Crippen LogP contribution is 2.01. The van der Waals surface area contributed by atoms with Crippen LogP contribution in [0.5, 0.6) is 0 Å². The number of hydroxylamine groups is 1. The van der Waals surface area contributed by atoms with Crippen molar-refractivity contribution >= 4 is 29.1 Å². The summed E-state index contributed by atoms with van der Waals surface area (Å²) < 4.78 is 0. The number of pyridine rings is 1. The average molecular weight is 221 g/mol. The topological polar surface area (TPSA) is 51.2 Å². The van der Waals surface area contributed by atoms with Crippen LogP contribution in [0, 0.1) is 0 Å². The molecule has 0 fully saturated rings. The Bertz CT molecular complexity index is 279. The van der Waals surface area contributed by atoms with E-state index in [0.717, 1.165) is 0 Å². The Hall–Kier alpha value is -0.840. The molecule has 0 saturated carbocycles. The van der Waals surface area contributed by atoms with E-state index >= 15 is 0 Å². The zero-order chi connectivity index (χ0) is 9.68. The van der Waals surface area contributed by atoms with Gasteiger partial charge in [0, 0.05) is 12.4 Å². The van der Waals surface area contributed by atoms with Crippen LogP contribution in [0.3, 0.4) is 0 Å². The Labute approximate surface area is 84.8 Å². The van der Waals surface area contributed by atoms with Crippen LogP contribution in [-0.2, 0) is 4.84 Å². The summed E-state index contributed by atoms with van der Waals surface area (Å²) in [4.78, 5) is 19.4. The molecule has 1 rings (SSSR count). The van der Waals surface area contributed by atoms with Crippen molar-refractivity contribution in [3.05, 3.63) is 30.1 Å². The number of nitrogens with one attached hydrogen (secondary N) is 1. The lowest BCUT2D eigenvalue weighted by molar-refractivity contribution is 0.0387. The molecule has 0 atom stereocenters. The van der Waals surface area contributed by atoms with Crippen molar-refractivity contribution in [3.63, 3.8) is 0 Å². The molecule has 13 heavy (non-hydrogen) atoms. The van der Waals surface area contributed by atoms with Gasteiger partial charge in [0.15, 0.2) is 0 Å². The van der Waals surface area contributed by atoms with Gasteiger partial charge in [-0.1, -0.05) is 23.2 Å². The first-order valence-corrected chi connectivity index (χ1v) is 4.21. The molecule has 0 aliphatic rings. The number of nitrogens with zero attached hydrogens (tertiary/aromatic N) is 1. The maximum absolute atomic E-state index is 11.2. The minimum atomic E-state index is -1.08. The minimum absolute atomic E-state index is 0.372. The van der Waals surface area contributed by atoms with Crippen molar-refractivity contribution in [2.24, 2.45) is 0 Å². The zero-order valence-corrected chi connectivity index (χ0v) is 7.92. The predicted molar refractivity (Wildman–Crippen MR) is 48.3 cm³/mol. The summed E-state index contributed by atoms with van der Waals surface area (Å²) in [7, 11) is 0. The van der Waals surface area contributed by atoms with E-state index in [1.54, 1.807) is 18.3 Å². The number of carbonyl (C=O) groups excluding carboxylic acids is 1. The van der Waals surface area contributed by atoms with Crippen molar-refractivity contribution in [2.45, 2.75) is 5.02 Å². The largest absolute Gasteiger partial charge is 0.276 e. The van der Waals surface area contributed by atoms with Crippen molar-refractivity contribution in [1.29, 1.82) is 0 Å². The second kappa shape index (κ2) is 5.01. The smallest absolute Gasteiger partial charge is 0.267 e. The van der Waals surface area contributed by atoms with Gasteiger partial charge in [-0.15, -0.1) is 0 Å². The van der Waals surface area contributed by atoms with Crippen molar-refractivity contribution < 1.29 is 9.63 Å². The van der Waals surface area contributed by atoms with Gasteiger partial charge in [0.05, 0.1) is 5.56 Å². The van der Waals surface area contributed by atoms with Gasteiger partial charge in [-0.05, 0) is 12.1 Å². The van der Waals surface area contributed by atoms with E-state index in [9.17, 15) is 4.79 Å². The lowest BCUT2D eigenvalue weighted by atomic mass is 10.3. The van der Waals surface area contributed by atoms with E-state index in [0.29, 0.717) is 5.56 Å². The predicted octanol–water partition coefficient (Wildman–Crippen LogP) is 1.50. The average Bonchev–Trinajstić information content (AvgIpc) is 2.15. The number of rotatable bonds is 3. The van der Waals surface area contributed by atoms with Gasteiger partial charge in [-0.2, -0.15) is 0 Å². The Morgan fingerprint density at radius 1 is 1.62 bits per heavy atom. The van der Waals surface area contributed by atoms with E-state index in [1.165, 1.54) is 6.20 Å². The summed E-state index contributed by atoms with van der Waals surface area (Å²) in [6.45, 7) is 0. The Balaban J connectivity index is 2.50. The quantitative estimate of drug-likeness (QED) is 0.621. The monoisotopic (exact) mass is 220 g/mol. The lowest BCUT2D eigenvalue weighted by Gasteiger charge is -2.04. The molecule has 1 aromatic rings. The molecule has 0 aliphatic heterocycles. The molecule has 1 aromatic heterocycles. The molecule has 0 aromatic carbocycles. The fourth-order valence-corrected chi connectivity index (χ4v) is 0.743. The molecule has 70 valence electrons. The third kappa shape index (κ3) is 3.59.